The maximum absolute atomic E-state index is 11.0. The van der Waals surface area contributed by atoms with E-state index in [2.05, 4.69) is 9.47 Å². The number of carbonyl (C=O) groups is 2. The van der Waals surface area contributed by atoms with Crippen LogP contribution in [-0.4, -0.2) is 26.2 Å². The van der Waals surface area contributed by atoms with Crippen LogP contribution in [0.15, 0.2) is 0 Å². The van der Waals surface area contributed by atoms with Gasteiger partial charge in [-0.2, -0.15) is 0 Å². The van der Waals surface area contributed by atoms with E-state index in [1.165, 1.54) is 14.2 Å². The monoisotopic (exact) mass is 244 g/mol. The Morgan fingerprint density at radius 3 is 1.53 bits per heavy atom. The summed E-state index contributed by atoms with van der Waals surface area (Å²) in [6, 6.07) is 0. The molecule has 2 atom stereocenters. The molecule has 0 aromatic heterocycles. The van der Waals surface area contributed by atoms with Gasteiger partial charge in [-0.05, 0) is 11.8 Å². The van der Waals surface area contributed by atoms with Crippen LogP contribution < -0.4 is 0 Å². The zero-order chi connectivity index (χ0) is 13.3. The van der Waals surface area contributed by atoms with E-state index in [0.29, 0.717) is 24.7 Å². The fraction of sp³-hybridized carbons (Fsp3) is 0.846. The Labute approximate surface area is 104 Å². The molecular weight excluding hydrogens is 220 g/mol. The number of hydrogen-bond donors (Lipinski definition) is 0. The summed E-state index contributed by atoms with van der Waals surface area (Å²) in [5, 5.41) is 0. The van der Waals surface area contributed by atoms with E-state index in [0.717, 1.165) is 19.3 Å². The Bertz CT molecular complexity index is 214. The van der Waals surface area contributed by atoms with Crippen LogP contribution >= 0.6 is 0 Å². The van der Waals surface area contributed by atoms with Crippen molar-refractivity contribution in [2.45, 2.75) is 46.0 Å². The third-order valence-electron chi connectivity index (χ3n) is 2.88. The quantitative estimate of drug-likeness (QED) is 0.616. The van der Waals surface area contributed by atoms with E-state index >= 15 is 0 Å². The number of rotatable bonds is 8. The fourth-order valence-electron chi connectivity index (χ4n) is 1.75. The molecule has 0 rings (SSSR count). The van der Waals surface area contributed by atoms with Crippen molar-refractivity contribution in [2.75, 3.05) is 14.2 Å². The smallest absolute Gasteiger partial charge is 0.305 e. The molecule has 0 bridgehead atoms. The highest BCUT2D eigenvalue weighted by molar-refractivity contribution is 5.69. The van der Waals surface area contributed by atoms with Gasteiger partial charge in [-0.15, -0.1) is 0 Å². The van der Waals surface area contributed by atoms with Crippen LogP contribution in [0.1, 0.15) is 46.0 Å². The molecule has 0 heterocycles. The van der Waals surface area contributed by atoms with Crippen molar-refractivity contribution in [2.24, 2.45) is 11.8 Å². The molecule has 4 nitrogen and oxygen atoms in total. The molecule has 4 heteroatoms. The van der Waals surface area contributed by atoms with Gasteiger partial charge in [0.15, 0.2) is 0 Å². The van der Waals surface area contributed by atoms with Crippen molar-refractivity contribution >= 4 is 11.9 Å². The van der Waals surface area contributed by atoms with Crippen LogP contribution in [0.2, 0.25) is 0 Å². The summed E-state index contributed by atoms with van der Waals surface area (Å²) < 4.78 is 9.23. The maximum atomic E-state index is 11.0. The van der Waals surface area contributed by atoms with Gasteiger partial charge >= 0.3 is 11.9 Å². The normalized spacial score (nSPS) is 13.9. The zero-order valence-corrected chi connectivity index (χ0v) is 11.3. The van der Waals surface area contributed by atoms with Crippen LogP contribution in [0.4, 0.5) is 0 Å². The predicted octanol–water partition coefficient (Wildman–Crippen LogP) is 2.56. The number of esters is 2. The van der Waals surface area contributed by atoms with Crippen LogP contribution in [0.3, 0.4) is 0 Å². The zero-order valence-electron chi connectivity index (χ0n) is 11.3. The highest BCUT2D eigenvalue weighted by Gasteiger charge is 2.12. The first-order chi connectivity index (χ1) is 7.99. The summed E-state index contributed by atoms with van der Waals surface area (Å²) in [4.78, 5) is 22.0. The van der Waals surface area contributed by atoms with E-state index in [4.69, 9.17) is 0 Å². The highest BCUT2D eigenvalue weighted by atomic mass is 16.5. The number of hydrogen-bond acceptors (Lipinski definition) is 4. The van der Waals surface area contributed by atoms with Gasteiger partial charge in [-0.25, -0.2) is 0 Å². The molecule has 17 heavy (non-hydrogen) atoms. The van der Waals surface area contributed by atoms with E-state index in [1.807, 2.05) is 13.8 Å². The summed E-state index contributed by atoms with van der Waals surface area (Å²) in [5.74, 6) is 0.376. The Hall–Kier alpha value is -1.06. The average Bonchev–Trinajstić information content (AvgIpc) is 2.28. The Balaban J connectivity index is 3.61. The summed E-state index contributed by atoms with van der Waals surface area (Å²) in [5.41, 5.74) is 0. The van der Waals surface area contributed by atoms with Crippen molar-refractivity contribution in [3.05, 3.63) is 0 Å². The lowest BCUT2D eigenvalue weighted by Gasteiger charge is -2.12. The third kappa shape index (κ3) is 8.72. The van der Waals surface area contributed by atoms with Crippen molar-refractivity contribution in [1.29, 1.82) is 0 Å². The van der Waals surface area contributed by atoms with Gasteiger partial charge in [0.25, 0.3) is 0 Å². The number of ether oxygens (including phenoxy) is 2. The second kappa shape index (κ2) is 9.02. The van der Waals surface area contributed by atoms with Crippen LogP contribution in [0.5, 0.6) is 0 Å². The van der Waals surface area contributed by atoms with E-state index < -0.39 is 0 Å². The van der Waals surface area contributed by atoms with Crippen molar-refractivity contribution in [1.82, 2.24) is 0 Å². The topological polar surface area (TPSA) is 52.6 Å². The van der Waals surface area contributed by atoms with E-state index in [9.17, 15) is 9.59 Å². The lowest BCUT2D eigenvalue weighted by Crippen LogP contribution is -2.09. The molecule has 0 spiro atoms. The molecule has 0 aromatic carbocycles. The van der Waals surface area contributed by atoms with Crippen molar-refractivity contribution in [3.63, 3.8) is 0 Å². The Morgan fingerprint density at radius 1 is 0.882 bits per heavy atom. The summed E-state index contributed by atoms with van der Waals surface area (Å²) in [6.07, 6.45) is 3.95. The molecule has 0 aliphatic carbocycles. The number of carbonyl (C=O) groups excluding carboxylic acids is 2. The molecule has 0 aliphatic heterocycles. The Kier molecular flexibility index (Phi) is 8.46. The molecule has 0 aliphatic rings. The van der Waals surface area contributed by atoms with Gasteiger partial charge in [0.1, 0.15) is 0 Å². The molecule has 0 aromatic rings. The lowest BCUT2D eigenvalue weighted by atomic mass is 9.95. The van der Waals surface area contributed by atoms with Gasteiger partial charge in [0, 0.05) is 12.8 Å². The second-order valence-electron chi connectivity index (χ2n) is 4.70. The maximum Gasteiger partial charge on any atom is 0.305 e. The van der Waals surface area contributed by atoms with Gasteiger partial charge in [-0.1, -0.05) is 33.1 Å². The van der Waals surface area contributed by atoms with Crippen molar-refractivity contribution < 1.29 is 19.1 Å². The molecule has 0 saturated carbocycles. The van der Waals surface area contributed by atoms with Crippen LogP contribution in [0, 0.1) is 11.8 Å². The first kappa shape index (κ1) is 15.9. The first-order valence-corrected chi connectivity index (χ1v) is 6.13. The first-order valence-electron chi connectivity index (χ1n) is 6.13. The molecule has 0 N–H and O–H groups in total. The summed E-state index contributed by atoms with van der Waals surface area (Å²) in [7, 11) is 2.82. The summed E-state index contributed by atoms with van der Waals surface area (Å²) in [6.45, 7) is 4.09. The minimum absolute atomic E-state index is 0.153. The Morgan fingerprint density at radius 2 is 1.24 bits per heavy atom. The van der Waals surface area contributed by atoms with Crippen molar-refractivity contribution in [3.8, 4) is 0 Å². The number of methoxy groups -OCH3 is 2. The molecule has 0 fully saturated rings. The molecular formula is C13H24O4. The molecule has 0 saturated heterocycles. The molecule has 0 radical (unpaired) electrons. The summed E-state index contributed by atoms with van der Waals surface area (Å²) >= 11 is 0. The average molecular weight is 244 g/mol. The SMILES string of the molecule is COC(=O)CC(C)CCCC(C)CC(=O)OC. The van der Waals surface area contributed by atoms with Crippen LogP contribution in [0.25, 0.3) is 0 Å². The van der Waals surface area contributed by atoms with E-state index in [-0.39, 0.29) is 11.9 Å². The highest BCUT2D eigenvalue weighted by Crippen LogP contribution is 2.17. The second-order valence-corrected chi connectivity index (χ2v) is 4.70. The fourth-order valence-corrected chi connectivity index (χ4v) is 1.75. The van der Waals surface area contributed by atoms with E-state index in [1.54, 1.807) is 0 Å². The molecule has 2 unspecified atom stereocenters. The molecule has 100 valence electrons. The molecule has 0 amide bonds. The van der Waals surface area contributed by atoms with Gasteiger partial charge in [0.05, 0.1) is 14.2 Å². The third-order valence-corrected chi connectivity index (χ3v) is 2.88. The van der Waals surface area contributed by atoms with Gasteiger partial charge in [-0.3, -0.25) is 9.59 Å². The van der Waals surface area contributed by atoms with Crippen LogP contribution in [-0.2, 0) is 19.1 Å². The lowest BCUT2D eigenvalue weighted by molar-refractivity contribution is -0.142. The van der Waals surface area contributed by atoms with Gasteiger partial charge in [0.2, 0.25) is 0 Å². The minimum Gasteiger partial charge on any atom is -0.469 e. The standard InChI is InChI=1S/C13H24O4/c1-10(8-12(14)16-3)6-5-7-11(2)9-13(15)17-4/h10-11H,5-9H2,1-4H3. The predicted molar refractivity (Wildman–Crippen MR) is 65.4 cm³/mol. The van der Waals surface area contributed by atoms with Gasteiger partial charge < -0.3 is 9.47 Å². The minimum atomic E-state index is -0.153. The largest absolute Gasteiger partial charge is 0.469 e.